The molecule has 2 aromatic heterocycles. The summed E-state index contributed by atoms with van der Waals surface area (Å²) >= 11 is 3.18. The molecule has 0 fully saturated rings. The zero-order valence-electron chi connectivity index (χ0n) is 11.2. The minimum atomic E-state index is -0.783. The van der Waals surface area contributed by atoms with Crippen LogP contribution in [0.25, 0.3) is 40.3 Å². The third-order valence-electron chi connectivity index (χ3n) is 3.99. The van der Waals surface area contributed by atoms with Crippen molar-refractivity contribution < 1.29 is 8.78 Å². The summed E-state index contributed by atoms with van der Waals surface area (Å²) in [4.78, 5) is 0. The molecular weight excluding hydrogens is 318 g/mol. The van der Waals surface area contributed by atoms with Gasteiger partial charge in [-0.15, -0.1) is 22.7 Å². The predicted molar refractivity (Wildman–Crippen MR) is 92.1 cm³/mol. The Kier molecular flexibility index (Phi) is 2.41. The standard InChI is InChI=1S/C18H8F2S2/c19-13-7-12-16(8-14(13)20)22-17-11-5-9-3-1-2-4-10(9)6-15(11)21-18(12)17/h1-8H. The summed E-state index contributed by atoms with van der Waals surface area (Å²) in [5.41, 5.74) is 0. The summed E-state index contributed by atoms with van der Waals surface area (Å²) in [5.74, 6) is -1.56. The van der Waals surface area contributed by atoms with Crippen molar-refractivity contribution >= 4 is 63.0 Å². The Bertz CT molecular complexity index is 1200. The highest BCUT2D eigenvalue weighted by atomic mass is 32.1. The Morgan fingerprint density at radius 2 is 1.18 bits per heavy atom. The van der Waals surface area contributed by atoms with Crippen LogP contribution < -0.4 is 0 Å². The molecule has 5 aromatic rings. The molecule has 0 spiro atoms. The molecule has 4 heteroatoms. The average Bonchev–Trinajstić information content (AvgIpc) is 3.02. The molecule has 0 bridgehead atoms. The van der Waals surface area contributed by atoms with Gasteiger partial charge in [-0.05, 0) is 35.0 Å². The second-order valence-corrected chi connectivity index (χ2v) is 7.42. The van der Waals surface area contributed by atoms with E-state index >= 15 is 0 Å². The second-order valence-electron chi connectivity index (χ2n) is 5.32. The van der Waals surface area contributed by atoms with E-state index in [0.29, 0.717) is 0 Å². The van der Waals surface area contributed by atoms with Gasteiger partial charge < -0.3 is 0 Å². The van der Waals surface area contributed by atoms with Gasteiger partial charge in [-0.25, -0.2) is 8.78 Å². The minimum Gasteiger partial charge on any atom is -0.204 e. The van der Waals surface area contributed by atoms with Crippen molar-refractivity contribution in [1.82, 2.24) is 0 Å². The third-order valence-corrected chi connectivity index (χ3v) is 6.49. The number of fused-ring (bicyclic) bond motifs is 6. The first-order valence-electron chi connectivity index (χ1n) is 6.83. The Balaban J connectivity index is 1.99. The summed E-state index contributed by atoms with van der Waals surface area (Å²) < 4.78 is 31.2. The molecule has 0 amide bonds. The van der Waals surface area contributed by atoms with Gasteiger partial charge in [0.2, 0.25) is 0 Å². The first-order chi connectivity index (χ1) is 10.7. The summed E-state index contributed by atoms with van der Waals surface area (Å²) in [5, 5.41) is 4.36. The molecule has 3 aromatic carbocycles. The Morgan fingerprint density at radius 3 is 1.91 bits per heavy atom. The highest BCUT2D eigenvalue weighted by molar-refractivity contribution is 7.36. The lowest BCUT2D eigenvalue weighted by Crippen LogP contribution is -1.80. The maximum atomic E-state index is 13.6. The fraction of sp³-hybridized carbons (Fsp3) is 0. The molecule has 0 radical (unpaired) electrons. The molecule has 0 N–H and O–H groups in total. The molecule has 0 nitrogen and oxygen atoms in total. The van der Waals surface area contributed by atoms with Crippen molar-refractivity contribution in [1.29, 1.82) is 0 Å². The van der Waals surface area contributed by atoms with E-state index in [1.165, 1.54) is 44.3 Å². The number of benzene rings is 3. The Morgan fingerprint density at radius 1 is 0.636 bits per heavy atom. The minimum absolute atomic E-state index is 0.781. The Labute approximate surface area is 132 Å². The van der Waals surface area contributed by atoms with Gasteiger partial charge in [-0.1, -0.05) is 24.3 Å². The quantitative estimate of drug-likeness (QED) is 0.297. The molecule has 0 aliphatic rings. The lowest BCUT2D eigenvalue weighted by molar-refractivity contribution is 0.511. The van der Waals surface area contributed by atoms with Gasteiger partial charge in [0.25, 0.3) is 0 Å². The molecule has 2 heterocycles. The fourth-order valence-electron chi connectivity index (χ4n) is 2.94. The first-order valence-corrected chi connectivity index (χ1v) is 8.46. The maximum absolute atomic E-state index is 13.6. The lowest BCUT2D eigenvalue weighted by atomic mass is 10.1. The van der Waals surface area contributed by atoms with Crippen LogP contribution in [-0.2, 0) is 0 Å². The number of halogens is 2. The fourth-order valence-corrected chi connectivity index (χ4v) is 5.61. The van der Waals surface area contributed by atoms with Crippen LogP contribution in [0.5, 0.6) is 0 Å². The van der Waals surface area contributed by atoms with Crippen LogP contribution in [0, 0.1) is 11.6 Å². The second kappa shape index (κ2) is 4.24. The van der Waals surface area contributed by atoms with E-state index in [4.69, 9.17) is 0 Å². The van der Waals surface area contributed by atoms with E-state index in [1.54, 1.807) is 11.3 Å². The van der Waals surface area contributed by atoms with Gasteiger partial charge in [-0.3, -0.25) is 0 Å². The van der Waals surface area contributed by atoms with Gasteiger partial charge in [0.1, 0.15) is 0 Å². The van der Waals surface area contributed by atoms with E-state index in [-0.39, 0.29) is 0 Å². The largest absolute Gasteiger partial charge is 0.204 e. The number of rotatable bonds is 0. The van der Waals surface area contributed by atoms with Gasteiger partial charge in [-0.2, -0.15) is 0 Å². The molecule has 0 aliphatic heterocycles. The number of thiophene rings is 2. The topological polar surface area (TPSA) is 0 Å². The molecule has 0 aliphatic carbocycles. The van der Waals surface area contributed by atoms with Crippen LogP contribution >= 0.6 is 22.7 Å². The summed E-state index contributed by atoms with van der Waals surface area (Å²) in [6.45, 7) is 0. The summed E-state index contributed by atoms with van der Waals surface area (Å²) in [7, 11) is 0. The molecule has 0 saturated carbocycles. The van der Waals surface area contributed by atoms with Crippen molar-refractivity contribution in [3.63, 3.8) is 0 Å². The molecule has 106 valence electrons. The van der Waals surface area contributed by atoms with Gasteiger partial charge in [0, 0.05) is 20.2 Å². The van der Waals surface area contributed by atoms with Crippen molar-refractivity contribution in [3.05, 3.63) is 60.2 Å². The highest BCUT2D eigenvalue weighted by Gasteiger charge is 2.15. The first kappa shape index (κ1) is 12.5. The lowest BCUT2D eigenvalue weighted by Gasteiger charge is -1.97. The van der Waals surface area contributed by atoms with Crippen molar-refractivity contribution in [2.75, 3.05) is 0 Å². The zero-order chi connectivity index (χ0) is 14.8. The van der Waals surface area contributed by atoms with Crippen molar-refractivity contribution in [2.24, 2.45) is 0 Å². The van der Waals surface area contributed by atoms with Gasteiger partial charge in [0.05, 0.1) is 9.40 Å². The van der Waals surface area contributed by atoms with Crippen molar-refractivity contribution in [3.8, 4) is 0 Å². The molecule has 0 atom stereocenters. The highest BCUT2D eigenvalue weighted by Crippen LogP contribution is 2.45. The van der Waals surface area contributed by atoms with Gasteiger partial charge >= 0.3 is 0 Å². The number of hydrogen-bond acceptors (Lipinski definition) is 2. The molecular formula is C18H8F2S2. The number of hydrogen-bond donors (Lipinski definition) is 0. The van der Waals surface area contributed by atoms with Crippen LogP contribution in [0.1, 0.15) is 0 Å². The van der Waals surface area contributed by atoms with E-state index in [0.717, 1.165) is 19.5 Å². The average molecular weight is 326 g/mol. The smallest absolute Gasteiger partial charge is 0.160 e. The summed E-state index contributed by atoms with van der Waals surface area (Å²) in [6, 6.07) is 15.2. The third kappa shape index (κ3) is 1.59. The normalized spacial score (nSPS) is 12.1. The zero-order valence-corrected chi connectivity index (χ0v) is 12.8. The van der Waals surface area contributed by atoms with E-state index in [1.807, 2.05) is 12.1 Å². The van der Waals surface area contributed by atoms with Crippen LogP contribution in [0.3, 0.4) is 0 Å². The van der Waals surface area contributed by atoms with E-state index in [2.05, 4.69) is 24.3 Å². The van der Waals surface area contributed by atoms with E-state index < -0.39 is 11.6 Å². The monoisotopic (exact) mass is 326 g/mol. The van der Waals surface area contributed by atoms with E-state index in [9.17, 15) is 8.78 Å². The van der Waals surface area contributed by atoms with Crippen LogP contribution in [-0.4, -0.2) is 0 Å². The van der Waals surface area contributed by atoms with Crippen LogP contribution in [0.15, 0.2) is 48.5 Å². The van der Waals surface area contributed by atoms with Gasteiger partial charge in [0.15, 0.2) is 11.6 Å². The molecule has 22 heavy (non-hydrogen) atoms. The van der Waals surface area contributed by atoms with Crippen LogP contribution in [0.4, 0.5) is 8.78 Å². The predicted octanol–water partition coefficient (Wildman–Crippen LogP) is 6.70. The van der Waals surface area contributed by atoms with Crippen molar-refractivity contribution in [2.45, 2.75) is 0 Å². The Hall–Kier alpha value is -2.04. The molecule has 0 unspecified atom stereocenters. The molecule has 5 rings (SSSR count). The van der Waals surface area contributed by atoms with Crippen LogP contribution in [0.2, 0.25) is 0 Å². The SMILES string of the molecule is Fc1cc2sc3c4cc5ccccc5cc4sc3c2cc1F. The molecule has 0 saturated heterocycles. The summed E-state index contributed by atoms with van der Waals surface area (Å²) in [6.07, 6.45) is 0. The maximum Gasteiger partial charge on any atom is 0.160 e.